The zero-order chi connectivity index (χ0) is 18.5. The lowest BCUT2D eigenvalue weighted by Crippen LogP contribution is -2.23. The van der Waals surface area contributed by atoms with E-state index < -0.39 is 5.25 Å². The van der Waals surface area contributed by atoms with Gasteiger partial charge in [-0.15, -0.1) is 0 Å². The standard InChI is InChI=1S/C17H18N4O2S3/c1-3-24-9-11-8-14(22)20-16(18-11)25-10(2)15(23)21-17-19-12-6-4-5-7-13(12)26-17/h4-8,10H,3,9H2,1-2H3,(H,18,20,22)(H,19,21,23). The number of aromatic nitrogens is 3. The maximum Gasteiger partial charge on any atom is 0.251 e. The van der Waals surface area contributed by atoms with Crippen molar-refractivity contribution in [2.24, 2.45) is 0 Å². The minimum Gasteiger partial charge on any atom is -0.301 e. The van der Waals surface area contributed by atoms with Crippen LogP contribution in [-0.2, 0) is 10.5 Å². The number of hydrogen-bond acceptors (Lipinski definition) is 7. The normalized spacial score (nSPS) is 12.2. The topological polar surface area (TPSA) is 87.7 Å². The molecule has 1 unspecified atom stereocenters. The van der Waals surface area contributed by atoms with Crippen molar-refractivity contribution in [2.45, 2.75) is 30.0 Å². The third-order valence-corrected chi connectivity index (χ3v) is 6.25. The smallest absolute Gasteiger partial charge is 0.251 e. The minimum absolute atomic E-state index is 0.176. The summed E-state index contributed by atoms with van der Waals surface area (Å²) in [6.45, 7) is 3.84. The van der Waals surface area contributed by atoms with Gasteiger partial charge in [0.25, 0.3) is 5.56 Å². The van der Waals surface area contributed by atoms with Crippen LogP contribution in [0.25, 0.3) is 10.2 Å². The molecule has 0 aliphatic heterocycles. The van der Waals surface area contributed by atoms with Crippen LogP contribution in [0.3, 0.4) is 0 Å². The molecule has 6 nitrogen and oxygen atoms in total. The Morgan fingerprint density at radius 1 is 1.35 bits per heavy atom. The number of H-pyrrole nitrogens is 1. The average molecular weight is 407 g/mol. The number of fused-ring (bicyclic) bond motifs is 1. The number of para-hydroxylation sites is 1. The lowest BCUT2D eigenvalue weighted by molar-refractivity contribution is -0.115. The Morgan fingerprint density at radius 3 is 2.92 bits per heavy atom. The predicted octanol–water partition coefficient (Wildman–Crippen LogP) is 3.75. The summed E-state index contributed by atoms with van der Waals surface area (Å²) in [5, 5.41) is 3.44. The Kier molecular flexibility index (Phi) is 6.33. The Hall–Kier alpha value is -1.84. The van der Waals surface area contributed by atoms with Gasteiger partial charge in [-0.2, -0.15) is 11.8 Å². The highest BCUT2D eigenvalue weighted by Gasteiger charge is 2.18. The van der Waals surface area contributed by atoms with Crippen molar-refractivity contribution in [2.75, 3.05) is 11.1 Å². The number of aromatic amines is 1. The lowest BCUT2D eigenvalue weighted by atomic mass is 10.3. The Bertz CT molecular complexity index is 937. The SMILES string of the molecule is CCSCc1cc(=O)[nH]c(SC(C)C(=O)Nc2nc3ccccc3s2)n1. The van der Waals surface area contributed by atoms with Gasteiger partial charge < -0.3 is 10.3 Å². The van der Waals surface area contributed by atoms with E-state index in [2.05, 4.69) is 27.2 Å². The molecule has 136 valence electrons. The summed E-state index contributed by atoms with van der Waals surface area (Å²) in [5.41, 5.74) is 1.38. The van der Waals surface area contributed by atoms with Crippen LogP contribution < -0.4 is 10.9 Å². The predicted molar refractivity (Wildman–Crippen MR) is 110 cm³/mol. The summed E-state index contributed by atoms with van der Waals surface area (Å²) in [4.78, 5) is 35.8. The van der Waals surface area contributed by atoms with Crippen LogP contribution in [-0.4, -0.2) is 31.9 Å². The molecule has 0 aliphatic carbocycles. The third-order valence-electron chi connectivity index (χ3n) is 3.41. The van der Waals surface area contributed by atoms with Crippen molar-refractivity contribution in [3.05, 3.63) is 46.4 Å². The molecule has 2 aromatic heterocycles. The number of carbonyl (C=O) groups is 1. The Balaban J connectivity index is 1.67. The molecule has 0 spiro atoms. The lowest BCUT2D eigenvalue weighted by Gasteiger charge is -2.10. The summed E-state index contributed by atoms with van der Waals surface area (Å²) < 4.78 is 1.02. The number of nitrogens with zero attached hydrogens (tertiary/aromatic N) is 2. The molecule has 0 saturated heterocycles. The number of thioether (sulfide) groups is 2. The van der Waals surface area contributed by atoms with Gasteiger partial charge in [-0.1, -0.05) is 42.2 Å². The quantitative estimate of drug-likeness (QED) is 0.459. The summed E-state index contributed by atoms with van der Waals surface area (Å²) in [7, 11) is 0. The van der Waals surface area contributed by atoms with E-state index in [-0.39, 0.29) is 11.5 Å². The largest absolute Gasteiger partial charge is 0.301 e. The molecule has 1 amide bonds. The molecule has 1 atom stereocenters. The van der Waals surface area contributed by atoms with Crippen molar-refractivity contribution >= 4 is 56.1 Å². The second-order valence-corrected chi connectivity index (χ2v) is 9.05. The fourth-order valence-electron chi connectivity index (χ4n) is 2.17. The van der Waals surface area contributed by atoms with E-state index in [1.165, 1.54) is 29.2 Å². The number of hydrogen-bond donors (Lipinski definition) is 2. The summed E-state index contributed by atoms with van der Waals surface area (Å²) in [6.07, 6.45) is 0. The van der Waals surface area contributed by atoms with Crippen molar-refractivity contribution in [1.82, 2.24) is 15.0 Å². The van der Waals surface area contributed by atoms with E-state index >= 15 is 0 Å². The maximum atomic E-state index is 12.4. The van der Waals surface area contributed by atoms with Gasteiger partial charge in [-0.25, -0.2) is 9.97 Å². The summed E-state index contributed by atoms with van der Waals surface area (Å²) in [5.74, 6) is 1.46. The van der Waals surface area contributed by atoms with E-state index in [9.17, 15) is 9.59 Å². The van der Waals surface area contributed by atoms with Crippen LogP contribution in [0.5, 0.6) is 0 Å². The van der Waals surface area contributed by atoms with Crippen LogP contribution in [0.15, 0.2) is 40.3 Å². The molecule has 2 heterocycles. The number of carbonyl (C=O) groups excluding carboxylic acids is 1. The number of anilines is 1. The molecule has 9 heteroatoms. The Labute approximate surface area is 163 Å². The van der Waals surface area contributed by atoms with Gasteiger partial charge in [0.05, 0.1) is 21.2 Å². The highest BCUT2D eigenvalue weighted by molar-refractivity contribution is 8.00. The zero-order valence-electron chi connectivity index (χ0n) is 14.3. The first-order valence-electron chi connectivity index (χ1n) is 8.06. The second kappa shape index (κ2) is 8.70. The van der Waals surface area contributed by atoms with Crippen LogP contribution in [0.1, 0.15) is 19.5 Å². The minimum atomic E-state index is -0.417. The van der Waals surface area contributed by atoms with E-state index in [1.807, 2.05) is 24.3 Å². The van der Waals surface area contributed by atoms with Gasteiger partial charge in [0.15, 0.2) is 10.3 Å². The molecule has 0 aliphatic rings. The number of rotatable bonds is 7. The third kappa shape index (κ3) is 4.87. The second-order valence-electron chi connectivity index (χ2n) is 5.42. The number of benzene rings is 1. The molecule has 0 fully saturated rings. The molecule has 3 aromatic rings. The number of amides is 1. The highest BCUT2D eigenvalue weighted by Crippen LogP contribution is 2.27. The molecule has 1 aromatic carbocycles. The molecule has 2 N–H and O–H groups in total. The van der Waals surface area contributed by atoms with Crippen molar-refractivity contribution < 1.29 is 4.79 Å². The van der Waals surface area contributed by atoms with Crippen molar-refractivity contribution in [1.29, 1.82) is 0 Å². The van der Waals surface area contributed by atoms with Crippen LogP contribution in [0.2, 0.25) is 0 Å². The highest BCUT2D eigenvalue weighted by atomic mass is 32.2. The zero-order valence-corrected chi connectivity index (χ0v) is 16.8. The maximum absolute atomic E-state index is 12.4. The molecule has 0 bridgehead atoms. The molecule has 0 radical (unpaired) electrons. The average Bonchev–Trinajstić information content (AvgIpc) is 3.01. The number of thiazole rings is 1. The first-order chi connectivity index (χ1) is 12.5. The fraction of sp³-hybridized carbons (Fsp3) is 0.294. The van der Waals surface area contributed by atoms with Crippen molar-refractivity contribution in [3.63, 3.8) is 0 Å². The van der Waals surface area contributed by atoms with E-state index in [0.29, 0.717) is 16.0 Å². The van der Waals surface area contributed by atoms with Gasteiger partial charge in [0.1, 0.15) is 0 Å². The van der Waals surface area contributed by atoms with Crippen LogP contribution in [0, 0.1) is 0 Å². The van der Waals surface area contributed by atoms with Crippen molar-refractivity contribution in [3.8, 4) is 0 Å². The fourth-order valence-corrected chi connectivity index (χ4v) is 4.43. The first kappa shape index (κ1) is 18.9. The number of nitrogens with one attached hydrogen (secondary N) is 2. The summed E-state index contributed by atoms with van der Waals surface area (Å²) >= 11 is 4.36. The first-order valence-corrected chi connectivity index (χ1v) is 10.9. The van der Waals surface area contributed by atoms with Gasteiger partial charge >= 0.3 is 0 Å². The van der Waals surface area contributed by atoms with Gasteiger partial charge in [-0.05, 0) is 24.8 Å². The van der Waals surface area contributed by atoms with E-state index in [0.717, 1.165) is 21.7 Å². The van der Waals surface area contributed by atoms with Gasteiger partial charge in [-0.3, -0.25) is 9.59 Å². The Morgan fingerprint density at radius 2 is 2.15 bits per heavy atom. The monoisotopic (exact) mass is 406 g/mol. The van der Waals surface area contributed by atoms with Crippen LogP contribution >= 0.6 is 34.9 Å². The van der Waals surface area contributed by atoms with Crippen LogP contribution in [0.4, 0.5) is 5.13 Å². The molecule has 3 rings (SSSR count). The molecule has 0 saturated carbocycles. The van der Waals surface area contributed by atoms with Gasteiger partial charge in [0.2, 0.25) is 5.91 Å². The van der Waals surface area contributed by atoms with E-state index in [4.69, 9.17) is 0 Å². The summed E-state index contributed by atoms with van der Waals surface area (Å²) in [6, 6.07) is 9.23. The van der Waals surface area contributed by atoms with E-state index in [1.54, 1.807) is 18.7 Å². The molecule has 26 heavy (non-hydrogen) atoms. The molecular formula is C17H18N4O2S3. The van der Waals surface area contributed by atoms with Gasteiger partial charge in [0, 0.05) is 11.8 Å². The molecular weight excluding hydrogens is 388 g/mol.